The Morgan fingerprint density at radius 3 is 2.65 bits per heavy atom. The van der Waals surface area contributed by atoms with Crippen LogP contribution in [0.15, 0.2) is 6.07 Å². The lowest BCUT2D eigenvalue weighted by Gasteiger charge is -2.21. The predicted octanol–water partition coefficient (Wildman–Crippen LogP) is 2.42. The number of rotatable bonds is 3. The summed E-state index contributed by atoms with van der Waals surface area (Å²) in [5, 5.41) is 8.62. The monoisotopic (exact) mass is 305 g/mol. The number of halogens is 3. The van der Waals surface area contributed by atoms with Crippen LogP contribution in [0.5, 0.6) is 0 Å². The Hall–Kier alpha value is -1.52. The molecule has 1 amide bonds. The van der Waals surface area contributed by atoms with E-state index < -0.39 is 18.6 Å². The third-order valence-corrected chi connectivity index (χ3v) is 3.59. The highest BCUT2D eigenvalue weighted by atomic mass is 32.1. The van der Waals surface area contributed by atoms with Crippen molar-refractivity contribution in [2.75, 3.05) is 19.7 Å². The first kappa shape index (κ1) is 16.5. The van der Waals surface area contributed by atoms with Crippen LogP contribution in [-0.2, 0) is 0 Å². The highest BCUT2D eigenvalue weighted by Crippen LogP contribution is 2.24. The molecular weight excluding hydrogens is 291 g/mol. The van der Waals surface area contributed by atoms with Crippen LogP contribution in [-0.4, -0.2) is 41.8 Å². The van der Waals surface area contributed by atoms with Gasteiger partial charge in [-0.2, -0.15) is 13.2 Å². The topological polar surface area (TPSA) is 40.5 Å². The molecule has 0 saturated carbocycles. The molecule has 1 aromatic rings. The Bertz CT molecular complexity index is 540. The van der Waals surface area contributed by atoms with Gasteiger partial charge in [0.05, 0.1) is 9.75 Å². The fourth-order valence-electron chi connectivity index (χ4n) is 1.53. The molecule has 0 fully saturated rings. The van der Waals surface area contributed by atoms with E-state index in [4.69, 9.17) is 5.11 Å². The van der Waals surface area contributed by atoms with E-state index >= 15 is 0 Å². The van der Waals surface area contributed by atoms with Gasteiger partial charge in [0.2, 0.25) is 0 Å². The van der Waals surface area contributed by atoms with Gasteiger partial charge in [0.15, 0.2) is 0 Å². The quantitative estimate of drug-likeness (QED) is 0.871. The van der Waals surface area contributed by atoms with E-state index in [-0.39, 0.29) is 18.0 Å². The van der Waals surface area contributed by atoms with Crippen molar-refractivity contribution in [1.29, 1.82) is 0 Å². The van der Waals surface area contributed by atoms with Crippen LogP contribution in [0.2, 0.25) is 0 Å². The van der Waals surface area contributed by atoms with Crippen LogP contribution in [0.1, 0.15) is 27.0 Å². The number of amides is 1. The third kappa shape index (κ3) is 4.54. The molecule has 0 aliphatic rings. The summed E-state index contributed by atoms with van der Waals surface area (Å²) in [6.45, 7) is 1.62. The van der Waals surface area contributed by atoms with Crippen LogP contribution in [0.3, 0.4) is 0 Å². The number of hydrogen-bond acceptors (Lipinski definition) is 3. The minimum atomic E-state index is -4.42. The molecule has 20 heavy (non-hydrogen) atoms. The van der Waals surface area contributed by atoms with Crippen LogP contribution in [0.25, 0.3) is 0 Å². The minimum Gasteiger partial charge on any atom is -0.384 e. The van der Waals surface area contributed by atoms with Gasteiger partial charge in [-0.1, -0.05) is 11.8 Å². The van der Waals surface area contributed by atoms with Crippen molar-refractivity contribution in [2.45, 2.75) is 20.0 Å². The average molecular weight is 305 g/mol. The number of thiophene rings is 1. The number of hydrogen-bond donors (Lipinski definition) is 1. The van der Waals surface area contributed by atoms with Crippen molar-refractivity contribution in [2.24, 2.45) is 0 Å². The maximum atomic E-state index is 12.4. The van der Waals surface area contributed by atoms with Gasteiger partial charge in [0.1, 0.15) is 13.2 Å². The molecule has 0 bridgehead atoms. The second-order valence-electron chi connectivity index (χ2n) is 4.02. The van der Waals surface area contributed by atoms with E-state index in [9.17, 15) is 18.0 Å². The van der Waals surface area contributed by atoms with E-state index in [1.54, 1.807) is 6.92 Å². The Balaban J connectivity index is 2.96. The first-order valence-corrected chi connectivity index (χ1v) is 6.66. The zero-order chi connectivity index (χ0) is 15.3. The summed E-state index contributed by atoms with van der Waals surface area (Å²) in [5.41, 5.74) is 0.711. The van der Waals surface area contributed by atoms with Gasteiger partial charge in [-0.15, -0.1) is 11.3 Å². The van der Waals surface area contributed by atoms with Crippen molar-refractivity contribution in [3.05, 3.63) is 21.4 Å². The molecule has 7 heteroatoms. The summed E-state index contributed by atoms with van der Waals surface area (Å²) in [6.07, 6.45) is -4.42. The van der Waals surface area contributed by atoms with E-state index in [1.165, 1.54) is 13.0 Å². The van der Waals surface area contributed by atoms with Gasteiger partial charge >= 0.3 is 6.18 Å². The largest absolute Gasteiger partial charge is 0.406 e. The highest BCUT2D eigenvalue weighted by molar-refractivity contribution is 7.14. The van der Waals surface area contributed by atoms with E-state index in [1.807, 2.05) is 0 Å². The summed E-state index contributed by atoms with van der Waals surface area (Å²) in [7, 11) is 0. The minimum absolute atomic E-state index is 0.0209. The molecular formula is C13H14F3NO2S. The number of nitrogens with zero attached hydrogens (tertiary/aromatic N) is 1. The highest BCUT2D eigenvalue weighted by Gasteiger charge is 2.33. The lowest BCUT2D eigenvalue weighted by Crippen LogP contribution is -2.38. The average Bonchev–Trinajstić information content (AvgIpc) is 2.73. The fraction of sp³-hybridized carbons (Fsp3) is 0.462. The Labute approximate surface area is 119 Å². The number of alkyl halides is 3. The van der Waals surface area contributed by atoms with Crippen molar-refractivity contribution in [1.82, 2.24) is 4.90 Å². The molecule has 0 unspecified atom stereocenters. The van der Waals surface area contributed by atoms with E-state index in [0.29, 0.717) is 10.4 Å². The lowest BCUT2D eigenvalue weighted by atomic mass is 10.2. The van der Waals surface area contributed by atoms with Gasteiger partial charge in [0.25, 0.3) is 5.91 Å². The van der Waals surface area contributed by atoms with Crippen LogP contribution >= 0.6 is 11.3 Å². The zero-order valence-electron chi connectivity index (χ0n) is 11.0. The fourth-order valence-corrected chi connectivity index (χ4v) is 2.55. The zero-order valence-corrected chi connectivity index (χ0v) is 11.9. The van der Waals surface area contributed by atoms with Crippen LogP contribution < -0.4 is 0 Å². The molecule has 0 aromatic carbocycles. The summed E-state index contributed by atoms with van der Waals surface area (Å²) >= 11 is 1.03. The number of carbonyl (C=O) groups is 1. The molecule has 1 rings (SSSR count). The maximum Gasteiger partial charge on any atom is 0.406 e. The van der Waals surface area contributed by atoms with Crippen molar-refractivity contribution >= 4 is 17.2 Å². The molecule has 3 nitrogen and oxygen atoms in total. The smallest absolute Gasteiger partial charge is 0.384 e. The Morgan fingerprint density at radius 2 is 2.15 bits per heavy atom. The standard InChI is InChI=1S/C13H14F3NO2S/c1-3-17(8-13(14,15)16)12(19)11-7-9(2)10(20-11)5-4-6-18/h7,18H,3,6,8H2,1-2H3. The molecule has 1 aromatic heterocycles. The van der Waals surface area contributed by atoms with Gasteiger partial charge in [-0.05, 0) is 25.5 Å². The number of aliphatic hydroxyl groups is 1. The number of aliphatic hydroxyl groups excluding tert-OH is 1. The van der Waals surface area contributed by atoms with Gasteiger partial charge < -0.3 is 10.0 Å². The molecule has 0 atom stereocenters. The van der Waals surface area contributed by atoms with E-state index in [0.717, 1.165) is 16.2 Å². The van der Waals surface area contributed by atoms with E-state index in [2.05, 4.69) is 11.8 Å². The summed E-state index contributed by atoms with van der Waals surface area (Å²) in [5.74, 6) is 4.46. The summed E-state index contributed by atoms with van der Waals surface area (Å²) in [4.78, 5) is 13.6. The second kappa shape index (κ2) is 6.77. The lowest BCUT2D eigenvalue weighted by molar-refractivity contribution is -0.140. The molecule has 0 aliphatic carbocycles. The molecule has 1 N–H and O–H groups in total. The van der Waals surface area contributed by atoms with Crippen molar-refractivity contribution < 1.29 is 23.1 Å². The summed E-state index contributed by atoms with van der Waals surface area (Å²) < 4.78 is 37.1. The Kier molecular flexibility index (Phi) is 5.60. The molecule has 0 aliphatic heterocycles. The number of carbonyl (C=O) groups excluding carboxylic acids is 1. The SMILES string of the molecule is CCN(CC(F)(F)F)C(=O)c1cc(C)c(C#CCO)s1. The van der Waals surface area contributed by atoms with Crippen molar-refractivity contribution in [3.63, 3.8) is 0 Å². The number of aryl methyl sites for hydroxylation is 1. The molecule has 0 saturated heterocycles. The maximum absolute atomic E-state index is 12.4. The first-order chi connectivity index (χ1) is 9.28. The van der Waals surface area contributed by atoms with Crippen LogP contribution in [0.4, 0.5) is 13.2 Å². The Morgan fingerprint density at radius 1 is 1.50 bits per heavy atom. The van der Waals surface area contributed by atoms with Crippen molar-refractivity contribution in [3.8, 4) is 11.8 Å². The van der Waals surface area contributed by atoms with Gasteiger partial charge in [-0.3, -0.25) is 4.79 Å². The molecule has 1 heterocycles. The van der Waals surface area contributed by atoms with Crippen LogP contribution in [0, 0.1) is 18.8 Å². The third-order valence-electron chi connectivity index (χ3n) is 2.45. The summed E-state index contributed by atoms with van der Waals surface area (Å²) in [6, 6.07) is 1.52. The predicted molar refractivity (Wildman–Crippen MR) is 70.7 cm³/mol. The molecule has 0 spiro atoms. The molecule has 110 valence electrons. The first-order valence-electron chi connectivity index (χ1n) is 5.84. The van der Waals surface area contributed by atoms with Gasteiger partial charge in [-0.25, -0.2) is 0 Å². The second-order valence-corrected chi connectivity index (χ2v) is 5.07. The normalized spacial score (nSPS) is 10.9. The van der Waals surface area contributed by atoms with Gasteiger partial charge in [0, 0.05) is 6.54 Å². The molecule has 0 radical (unpaired) electrons.